The Kier molecular flexibility index (Phi) is 5.38. The van der Waals surface area contributed by atoms with Crippen molar-refractivity contribution in [3.8, 4) is 11.3 Å². The molecule has 2 N–H and O–H groups in total. The maximum absolute atomic E-state index is 13.2. The van der Waals surface area contributed by atoms with E-state index in [1.807, 2.05) is 37.3 Å². The van der Waals surface area contributed by atoms with Gasteiger partial charge < -0.3 is 5.32 Å². The number of carbonyl (C=O) groups is 1. The number of fused-ring (bicyclic) bond motifs is 2. The van der Waals surface area contributed by atoms with Gasteiger partial charge in [-0.1, -0.05) is 24.3 Å². The number of likely N-dealkylation sites (tertiary alicyclic amines) is 1. The minimum Gasteiger partial charge on any atom is -0.348 e. The molecular formula is C28H29N5O. The summed E-state index contributed by atoms with van der Waals surface area (Å²) in [5, 5.41) is 11.9. The van der Waals surface area contributed by atoms with Gasteiger partial charge in [0.15, 0.2) is 0 Å². The summed E-state index contributed by atoms with van der Waals surface area (Å²) < 4.78 is 0. The van der Waals surface area contributed by atoms with Gasteiger partial charge in [-0.25, -0.2) is 0 Å². The van der Waals surface area contributed by atoms with Crippen molar-refractivity contribution in [2.75, 3.05) is 13.1 Å². The van der Waals surface area contributed by atoms with Crippen LogP contribution in [0.5, 0.6) is 0 Å². The normalized spacial score (nSPS) is 20.4. The van der Waals surface area contributed by atoms with Crippen LogP contribution in [0.25, 0.3) is 22.2 Å². The Balaban J connectivity index is 1.19. The zero-order chi connectivity index (χ0) is 23.1. The number of aryl methyl sites for hydroxylation is 2. The van der Waals surface area contributed by atoms with Gasteiger partial charge in [-0.15, -0.1) is 0 Å². The van der Waals surface area contributed by atoms with E-state index in [4.69, 9.17) is 0 Å². The van der Waals surface area contributed by atoms with E-state index in [1.54, 1.807) is 6.20 Å². The summed E-state index contributed by atoms with van der Waals surface area (Å²) in [5.74, 6) is -0.0152. The Labute approximate surface area is 199 Å². The van der Waals surface area contributed by atoms with Gasteiger partial charge in [0.25, 0.3) is 5.91 Å². The van der Waals surface area contributed by atoms with Crippen molar-refractivity contribution in [2.24, 2.45) is 0 Å². The highest BCUT2D eigenvalue weighted by atomic mass is 16.1. The first kappa shape index (κ1) is 21.1. The topological polar surface area (TPSA) is 73.9 Å². The molecule has 2 aromatic carbocycles. The molecule has 34 heavy (non-hydrogen) atoms. The number of H-pyrrole nitrogens is 1. The number of nitrogens with one attached hydrogen (secondary N) is 2. The molecule has 1 aliphatic heterocycles. The minimum atomic E-state index is -0.0152. The highest BCUT2D eigenvalue weighted by molar-refractivity contribution is 6.01. The van der Waals surface area contributed by atoms with E-state index < -0.39 is 0 Å². The maximum Gasteiger partial charge on any atom is 0.251 e. The van der Waals surface area contributed by atoms with Crippen LogP contribution in [0.4, 0.5) is 0 Å². The number of hydrogen-bond acceptors (Lipinski definition) is 4. The lowest BCUT2D eigenvalue weighted by Crippen LogP contribution is -2.48. The number of amides is 1. The Morgan fingerprint density at radius 3 is 2.94 bits per heavy atom. The largest absolute Gasteiger partial charge is 0.348 e. The van der Waals surface area contributed by atoms with E-state index in [9.17, 15) is 4.79 Å². The summed E-state index contributed by atoms with van der Waals surface area (Å²) in [6.45, 7) is 3.97. The van der Waals surface area contributed by atoms with E-state index >= 15 is 0 Å². The molecule has 2 aliphatic rings. The molecule has 0 spiro atoms. The fraction of sp³-hybridized carbons (Fsp3) is 0.321. The predicted molar refractivity (Wildman–Crippen MR) is 134 cm³/mol. The second-order valence-electron chi connectivity index (χ2n) is 9.58. The fourth-order valence-electron chi connectivity index (χ4n) is 5.66. The Morgan fingerprint density at radius 1 is 1.12 bits per heavy atom. The summed E-state index contributed by atoms with van der Waals surface area (Å²) >= 11 is 0. The second-order valence-corrected chi connectivity index (χ2v) is 9.58. The van der Waals surface area contributed by atoms with E-state index in [-0.39, 0.29) is 11.9 Å². The van der Waals surface area contributed by atoms with E-state index in [2.05, 4.69) is 49.7 Å². The molecule has 1 fully saturated rings. The molecule has 1 aliphatic carbocycles. The molecule has 1 amide bonds. The van der Waals surface area contributed by atoms with Crippen LogP contribution in [0.3, 0.4) is 0 Å². The molecular weight excluding hydrogens is 422 g/mol. The van der Waals surface area contributed by atoms with E-state index in [0.29, 0.717) is 11.6 Å². The Bertz CT molecular complexity index is 1360. The molecule has 6 rings (SSSR count). The molecule has 1 saturated heterocycles. The second kappa shape index (κ2) is 8.69. The van der Waals surface area contributed by atoms with Crippen LogP contribution in [0, 0.1) is 6.92 Å². The van der Waals surface area contributed by atoms with Crippen molar-refractivity contribution in [2.45, 2.75) is 44.7 Å². The van der Waals surface area contributed by atoms with Gasteiger partial charge in [0, 0.05) is 47.0 Å². The first-order chi connectivity index (χ1) is 16.7. The summed E-state index contributed by atoms with van der Waals surface area (Å²) in [6, 6.07) is 19.2. The highest BCUT2D eigenvalue weighted by Gasteiger charge is 2.31. The lowest BCUT2D eigenvalue weighted by Gasteiger charge is -2.37. The molecule has 1 unspecified atom stereocenters. The van der Waals surface area contributed by atoms with Crippen molar-refractivity contribution < 1.29 is 4.79 Å². The first-order valence-corrected chi connectivity index (χ1v) is 12.2. The predicted octanol–water partition coefficient (Wildman–Crippen LogP) is 4.82. The molecule has 2 atom stereocenters. The van der Waals surface area contributed by atoms with Crippen molar-refractivity contribution >= 4 is 16.8 Å². The number of aromatic nitrogens is 3. The van der Waals surface area contributed by atoms with Gasteiger partial charge in [-0.05, 0) is 80.6 Å². The quantitative estimate of drug-likeness (QED) is 0.467. The molecule has 2 aromatic heterocycles. The zero-order valence-electron chi connectivity index (χ0n) is 19.4. The SMILES string of the molecule is Cc1cc(-c2n[nH]c3ccc(C(=O)N[C@@H]4CCCN(C5CCc6ccccc65)C4)cc23)ccn1. The van der Waals surface area contributed by atoms with Crippen LogP contribution in [-0.2, 0) is 6.42 Å². The zero-order valence-corrected chi connectivity index (χ0v) is 19.4. The molecule has 172 valence electrons. The number of aromatic amines is 1. The summed E-state index contributed by atoms with van der Waals surface area (Å²) in [5.41, 5.74) is 7.32. The van der Waals surface area contributed by atoms with Crippen molar-refractivity contribution in [3.05, 3.63) is 83.2 Å². The average Bonchev–Trinajstić information content (AvgIpc) is 3.48. The van der Waals surface area contributed by atoms with Crippen LogP contribution in [0.2, 0.25) is 0 Å². The van der Waals surface area contributed by atoms with Gasteiger partial charge in [0.05, 0.1) is 5.52 Å². The van der Waals surface area contributed by atoms with Gasteiger partial charge in [-0.2, -0.15) is 5.10 Å². The van der Waals surface area contributed by atoms with Crippen molar-refractivity contribution in [1.82, 2.24) is 25.4 Å². The molecule has 4 aromatic rings. The Morgan fingerprint density at radius 2 is 2.03 bits per heavy atom. The van der Waals surface area contributed by atoms with Gasteiger partial charge in [-0.3, -0.25) is 19.8 Å². The van der Waals surface area contributed by atoms with Crippen molar-refractivity contribution in [1.29, 1.82) is 0 Å². The molecule has 0 bridgehead atoms. The van der Waals surface area contributed by atoms with E-state index in [1.165, 1.54) is 17.5 Å². The lowest BCUT2D eigenvalue weighted by atomic mass is 10.00. The molecule has 0 radical (unpaired) electrons. The summed E-state index contributed by atoms with van der Waals surface area (Å²) in [7, 11) is 0. The van der Waals surface area contributed by atoms with Crippen LogP contribution in [0.1, 0.15) is 52.5 Å². The molecule has 3 heterocycles. The lowest BCUT2D eigenvalue weighted by molar-refractivity contribution is 0.0872. The minimum absolute atomic E-state index is 0.0152. The van der Waals surface area contributed by atoms with Gasteiger partial charge >= 0.3 is 0 Å². The van der Waals surface area contributed by atoms with Gasteiger partial charge in [0.1, 0.15) is 5.69 Å². The number of hydrogen-bond donors (Lipinski definition) is 2. The number of benzene rings is 2. The van der Waals surface area contributed by atoms with Crippen LogP contribution < -0.4 is 5.32 Å². The number of carbonyl (C=O) groups excluding carboxylic acids is 1. The average molecular weight is 452 g/mol. The number of pyridine rings is 1. The standard InChI is InChI=1S/C28H29N5O/c1-18-15-20(12-13-29-18)27-24-16-21(8-10-25(24)31-32-27)28(34)30-22-6-4-14-33(17-22)26-11-9-19-5-2-3-7-23(19)26/h2-3,5,7-8,10,12-13,15-16,22,26H,4,6,9,11,14,17H2,1H3,(H,30,34)(H,31,32)/t22-,26?/m1/s1. The van der Waals surface area contributed by atoms with Crippen LogP contribution in [-0.4, -0.2) is 45.1 Å². The van der Waals surface area contributed by atoms with Gasteiger partial charge in [0.2, 0.25) is 0 Å². The highest BCUT2D eigenvalue weighted by Crippen LogP contribution is 2.37. The molecule has 0 saturated carbocycles. The number of nitrogens with zero attached hydrogens (tertiary/aromatic N) is 3. The summed E-state index contributed by atoms with van der Waals surface area (Å²) in [4.78, 5) is 20.1. The third-order valence-electron chi connectivity index (χ3n) is 7.33. The summed E-state index contributed by atoms with van der Waals surface area (Å²) in [6.07, 6.45) is 6.24. The third-order valence-corrected chi connectivity index (χ3v) is 7.33. The monoisotopic (exact) mass is 451 g/mol. The molecule has 6 heteroatoms. The smallest absolute Gasteiger partial charge is 0.251 e. The molecule has 6 nitrogen and oxygen atoms in total. The van der Waals surface area contributed by atoms with Crippen LogP contribution >= 0.6 is 0 Å². The van der Waals surface area contributed by atoms with Crippen molar-refractivity contribution in [3.63, 3.8) is 0 Å². The first-order valence-electron chi connectivity index (χ1n) is 12.2. The third kappa shape index (κ3) is 3.88. The number of piperidine rings is 1. The Hall–Kier alpha value is -3.51. The number of rotatable bonds is 4. The van der Waals surface area contributed by atoms with Crippen LogP contribution in [0.15, 0.2) is 60.8 Å². The fourth-order valence-corrected chi connectivity index (χ4v) is 5.66. The maximum atomic E-state index is 13.2. The van der Waals surface area contributed by atoms with E-state index in [0.717, 1.165) is 60.2 Å².